The molecule has 2 N–H and O–H groups in total. The lowest BCUT2D eigenvalue weighted by molar-refractivity contribution is 0.0138. The number of H-pyrrole nitrogens is 1. The fraction of sp³-hybridized carbons (Fsp3) is 0.391. The first-order valence-electron chi connectivity index (χ1n) is 10.9. The molecule has 1 amide bonds. The number of benzene rings is 1. The van der Waals surface area contributed by atoms with E-state index in [0.29, 0.717) is 60.3 Å². The van der Waals surface area contributed by atoms with Crippen LogP contribution < -0.4 is 15.6 Å². The molecule has 1 saturated heterocycles. The Bertz CT molecular complexity index is 1220. The predicted octanol–water partition coefficient (Wildman–Crippen LogP) is 2.18. The van der Waals surface area contributed by atoms with Crippen LogP contribution in [-0.4, -0.2) is 51.0 Å². The SMILES string of the molecule is CCc1nc2ccc(CN3CC(Oc4ccc(C(=O)NC5CC5)nc4)C3)c(F)c2[nH]c1=O. The number of rotatable bonds is 7. The van der Waals surface area contributed by atoms with Crippen molar-refractivity contribution >= 4 is 16.9 Å². The Balaban J connectivity index is 1.17. The summed E-state index contributed by atoms with van der Waals surface area (Å²) in [5, 5.41) is 2.90. The van der Waals surface area contributed by atoms with Gasteiger partial charge in [-0.2, -0.15) is 0 Å². The number of aromatic nitrogens is 3. The summed E-state index contributed by atoms with van der Waals surface area (Å²) in [7, 11) is 0. The van der Waals surface area contributed by atoms with Gasteiger partial charge in [-0.3, -0.25) is 14.5 Å². The van der Waals surface area contributed by atoms with Crippen molar-refractivity contribution in [3.05, 3.63) is 63.6 Å². The first-order valence-corrected chi connectivity index (χ1v) is 10.9. The summed E-state index contributed by atoms with van der Waals surface area (Å²) < 4.78 is 20.8. The molecule has 1 aromatic carbocycles. The molecule has 1 saturated carbocycles. The number of pyridine rings is 1. The van der Waals surface area contributed by atoms with Gasteiger partial charge in [0, 0.05) is 31.2 Å². The minimum atomic E-state index is -0.441. The van der Waals surface area contributed by atoms with Gasteiger partial charge < -0.3 is 15.0 Å². The number of halogens is 1. The number of likely N-dealkylation sites (tertiary alicyclic amines) is 1. The van der Waals surface area contributed by atoms with Gasteiger partial charge in [0.1, 0.15) is 28.8 Å². The summed E-state index contributed by atoms with van der Waals surface area (Å²) in [6.07, 6.45) is 4.09. The molecule has 3 heterocycles. The van der Waals surface area contributed by atoms with E-state index in [4.69, 9.17) is 4.74 Å². The van der Waals surface area contributed by atoms with Gasteiger partial charge in [0.2, 0.25) is 0 Å². The van der Waals surface area contributed by atoms with Gasteiger partial charge in [0.05, 0.1) is 11.7 Å². The Labute approximate surface area is 183 Å². The highest BCUT2D eigenvalue weighted by Gasteiger charge is 2.30. The van der Waals surface area contributed by atoms with Crippen molar-refractivity contribution in [3.63, 3.8) is 0 Å². The Morgan fingerprint density at radius 1 is 1.28 bits per heavy atom. The Kier molecular flexibility index (Phi) is 5.34. The molecule has 0 radical (unpaired) electrons. The van der Waals surface area contributed by atoms with Gasteiger partial charge in [-0.25, -0.2) is 14.4 Å². The van der Waals surface area contributed by atoms with E-state index in [-0.39, 0.29) is 23.1 Å². The van der Waals surface area contributed by atoms with Gasteiger partial charge >= 0.3 is 0 Å². The van der Waals surface area contributed by atoms with E-state index in [2.05, 4.69) is 25.2 Å². The number of aryl methyl sites for hydroxylation is 1. The number of hydrogen-bond donors (Lipinski definition) is 2. The molecule has 32 heavy (non-hydrogen) atoms. The second kappa shape index (κ2) is 8.31. The molecule has 166 valence electrons. The highest BCUT2D eigenvalue weighted by molar-refractivity contribution is 5.92. The van der Waals surface area contributed by atoms with Crippen LogP contribution in [0.1, 0.15) is 41.5 Å². The molecule has 8 nitrogen and oxygen atoms in total. The van der Waals surface area contributed by atoms with Gasteiger partial charge in [0.25, 0.3) is 11.5 Å². The van der Waals surface area contributed by atoms with Gasteiger partial charge in [0.15, 0.2) is 5.82 Å². The van der Waals surface area contributed by atoms with E-state index in [0.717, 1.165) is 12.8 Å². The van der Waals surface area contributed by atoms with Crippen molar-refractivity contribution in [2.75, 3.05) is 13.1 Å². The minimum absolute atomic E-state index is 0.0277. The van der Waals surface area contributed by atoms with E-state index in [1.807, 2.05) is 6.92 Å². The lowest BCUT2D eigenvalue weighted by atomic mass is 10.1. The normalized spacial score (nSPS) is 16.7. The van der Waals surface area contributed by atoms with E-state index < -0.39 is 5.82 Å². The minimum Gasteiger partial charge on any atom is -0.486 e. The first kappa shape index (κ1) is 20.6. The van der Waals surface area contributed by atoms with Crippen molar-refractivity contribution in [3.8, 4) is 5.75 Å². The quantitative estimate of drug-likeness (QED) is 0.588. The molecule has 0 atom stereocenters. The largest absolute Gasteiger partial charge is 0.486 e. The second-order valence-electron chi connectivity index (χ2n) is 8.36. The number of aromatic amines is 1. The highest BCUT2D eigenvalue weighted by Crippen LogP contribution is 2.23. The number of carbonyl (C=O) groups is 1. The van der Waals surface area contributed by atoms with Crippen LogP contribution in [0.5, 0.6) is 5.75 Å². The summed E-state index contributed by atoms with van der Waals surface area (Å²) in [5.74, 6) is 0.00186. The fourth-order valence-electron chi connectivity index (χ4n) is 3.80. The summed E-state index contributed by atoms with van der Waals surface area (Å²) in [6.45, 7) is 3.54. The Hall–Kier alpha value is -3.33. The third-order valence-corrected chi connectivity index (χ3v) is 5.79. The van der Waals surface area contributed by atoms with Crippen LogP contribution in [0.4, 0.5) is 4.39 Å². The molecule has 1 aliphatic heterocycles. The van der Waals surface area contributed by atoms with Crippen LogP contribution >= 0.6 is 0 Å². The number of nitrogens with zero attached hydrogens (tertiary/aromatic N) is 3. The maximum Gasteiger partial charge on any atom is 0.270 e. The molecule has 1 aliphatic carbocycles. The van der Waals surface area contributed by atoms with Crippen LogP contribution in [0, 0.1) is 5.82 Å². The molecule has 0 spiro atoms. The third kappa shape index (κ3) is 4.20. The molecular weight excluding hydrogens is 413 g/mol. The topological polar surface area (TPSA) is 100 Å². The summed E-state index contributed by atoms with van der Waals surface area (Å²) >= 11 is 0. The van der Waals surface area contributed by atoms with E-state index in [9.17, 15) is 14.0 Å². The zero-order chi connectivity index (χ0) is 22.2. The Morgan fingerprint density at radius 3 is 2.78 bits per heavy atom. The summed E-state index contributed by atoms with van der Waals surface area (Å²) in [5.41, 5.74) is 1.54. The maximum absolute atomic E-state index is 14.9. The van der Waals surface area contributed by atoms with E-state index in [1.54, 1.807) is 30.5 Å². The molecule has 0 unspecified atom stereocenters. The molecular formula is C23H24FN5O3. The van der Waals surface area contributed by atoms with Crippen LogP contribution in [0.25, 0.3) is 11.0 Å². The summed E-state index contributed by atoms with van der Waals surface area (Å²) in [4.78, 5) is 37.1. The lowest BCUT2D eigenvalue weighted by Crippen LogP contribution is -2.53. The zero-order valence-corrected chi connectivity index (χ0v) is 17.7. The number of ether oxygens (including phenoxy) is 1. The van der Waals surface area contributed by atoms with E-state index in [1.165, 1.54) is 0 Å². The van der Waals surface area contributed by atoms with Gasteiger partial charge in [-0.1, -0.05) is 13.0 Å². The second-order valence-corrected chi connectivity index (χ2v) is 8.36. The van der Waals surface area contributed by atoms with Crippen molar-refractivity contribution in [2.45, 2.75) is 44.9 Å². The van der Waals surface area contributed by atoms with Crippen molar-refractivity contribution in [1.29, 1.82) is 0 Å². The fourth-order valence-corrected chi connectivity index (χ4v) is 3.80. The average Bonchev–Trinajstić information content (AvgIpc) is 3.58. The average molecular weight is 437 g/mol. The monoisotopic (exact) mass is 437 g/mol. The Morgan fingerprint density at radius 2 is 2.09 bits per heavy atom. The first-order chi connectivity index (χ1) is 15.5. The van der Waals surface area contributed by atoms with Crippen molar-refractivity contribution in [1.82, 2.24) is 25.2 Å². The number of nitrogens with one attached hydrogen (secondary N) is 2. The molecule has 2 fully saturated rings. The number of hydrogen-bond acceptors (Lipinski definition) is 6. The molecule has 9 heteroatoms. The van der Waals surface area contributed by atoms with Crippen LogP contribution in [0.3, 0.4) is 0 Å². The van der Waals surface area contributed by atoms with Gasteiger partial charge in [-0.15, -0.1) is 0 Å². The maximum atomic E-state index is 14.9. The van der Waals surface area contributed by atoms with Crippen LogP contribution in [0.15, 0.2) is 35.3 Å². The van der Waals surface area contributed by atoms with Gasteiger partial charge in [-0.05, 0) is 37.5 Å². The number of carbonyl (C=O) groups excluding carboxylic acids is 1. The van der Waals surface area contributed by atoms with Crippen molar-refractivity contribution in [2.24, 2.45) is 0 Å². The zero-order valence-electron chi connectivity index (χ0n) is 17.7. The molecule has 2 aliphatic rings. The standard InChI is InChI=1S/C23H24FN5O3/c1-2-17-22(30)28-21-18(27-17)7-3-13(20(21)24)10-29-11-16(12-29)32-15-6-8-19(25-9-15)23(31)26-14-4-5-14/h3,6-9,14,16H,2,4-5,10-12H2,1H3,(H,26,31)(H,28,30). The third-order valence-electron chi connectivity index (χ3n) is 5.79. The smallest absolute Gasteiger partial charge is 0.270 e. The molecule has 3 aromatic rings. The highest BCUT2D eigenvalue weighted by atomic mass is 19.1. The number of fused-ring (bicyclic) bond motifs is 1. The number of amides is 1. The van der Waals surface area contributed by atoms with Crippen LogP contribution in [-0.2, 0) is 13.0 Å². The van der Waals surface area contributed by atoms with E-state index >= 15 is 0 Å². The van der Waals surface area contributed by atoms with Crippen molar-refractivity contribution < 1.29 is 13.9 Å². The molecule has 5 rings (SSSR count). The predicted molar refractivity (Wildman–Crippen MR) is 116 cm³/mol. The lowest BCUT2D eigenvalue weighted by Gasteiger charge is -2.39. The van der Waals surface area contributed by atoms with Crippen LogP contribution in [0.2, 0.25) is 0 Å². The molecule has 2 aromatic heterocycles. The molecule has 0 bridgehead atoms. The summed E-state index contributed by atoms with van der Waals surface area (Å²) in [6, 6.07) is 7.15.